The Labute approximate surface area is 155 Å². The van der Waals surface area contributed by atoms with Gasteiger partial charge in [0.25, 0.3) is 0 Å². The molecule has 0 spiro atoms. The van der Waals surface area contributed by atoms with Crippen LogP contribution in [0.25, 0.3) is 11.3 Å². The van der Waals surface area contributed by atoms with Crippen molar-refractivity contribution in [1.82, 2.24) is 30.5 Å². The van der Waals surface area contributed by atoms with Gasteiger partial charge in [-0.3, -0.25) is 4.79 Å². The Morgan fingerprint density at radius 1 is 1.27 bits per heavy atom. The fraction of sp³-hybridized carbons (Fsp3) is 0.389. The molecule has 0 radical (unpaired) electrons. The molecule has 1 atom stereocenters. The first kappa shape index (κ1) is 16.8. The summed E-state index contributed by atoms with van der Waals surface area (Å²) in [6.07, 6.45) is 3.52. The lowest BCUT2D eigenvalue weighted by Crippen LogP contribution is -2.32. The lowest BCUT2D eigenvalue weighted by molar-refractivity contribution is -0.122. The van der Waals surface area contributed by atoms with Gasteiger partial charge >= 0.3 is 0 Å². The molecule has 8 heteroatoms. The highest BCUT2D eigenvalue weighted by atomic mass is 32.1. The van der Waals surface area contributed by atoms with E-state index in [9.17, 15) is 4.79 Å². The fourth-order valence-electron chi connectivity index (χ4n) is 3.19. The molecule has 7 nitrogen and oxygen atoms in total. The van der Waals surface area contributed by atoms with E-state index in [2.05, 4.69) is 43.3 Å². The molecule has 1 aromatic carbocycles. The van der Waals surface area contributed by atoms with Crippen molar-refractivity contribution < 1.29 is 4.79 Å². The Kier molecular flexibility index (Phi) is 5.01. The number of hydrogen-bond donors (Lipinski definition) is 1. The van der Waals surface area contributed by atoms with E-state index < -0.39 is 0 Å². The Hall–Kier alpha value is -2.61. The number of carbonyl (C=O) groups excluding carboxylic acids is 1. The standard InChI is InChI=1S/C18H20N6OS/c25-18(14-8-4-5-11-24-17(14)21-22-23-24)19-10-9-16-20-15(12-26-16)13-6-2-1-3-7-13/h1-3,6-7,12,14H,4-5,8-11H2,(H,19,25). The highest BCUT2D eigenvalue weighted by Crippen LogP contribution is 2.24. The second kappa shape index (κ2) is 7.74. The largest absolute Gasteiger partial charge is 0.355 e. The number of carbonyl (C=O) groups is 1. The summed E-state index contributed by atoms with van der Waals surface area (Å²) in [5.74, 6) is 0.423. The number of benzene rings is 1. The van der Waals surface area contributed by atoms with Gasteiger partial charge in [-0.25, -0.2) is 9.67 Å². The van der Waals surface area contributed by atoms with Crippen molar-refractivity contribution in [3.63, 3.8) is 0 Å². The van der Waals surface area contributed by atoms with Gasteiger partial charge in [0.2, 0.25) is 5.91 Å². The van der Waals surface area contributed by atoms with Gasteiger partial charge in [0.1, 0.15) is 0 Å². The van der Waals surface area contributed by atoms with Gasteiger partial charge in [-0.05, 0) is 23.3 Å². The quantitative estimate of drug-likeness (QED) is 0.747. The molecule has 3 aromatic rings. The Balaban J connectivity index is 1.34. The normalized spacial score (nSPS) is 16.7. The van der Waals surface area contributed by atoms with Crippen molar-refractivity contribution >= 4 is 17.2 Å². The lowest BCUT2D eigenvalue weighted by atomic mass is 10.0. The van der Waals surface area contributed by atoms with Crippen LogP contribution in [0.15, 0.2) is 35.7 Å². The molecule has 134 valence electrons. The molecule has 3 heterocycles. The number of nitrogens with zero attached hydrogens (tertiary/aromatic N) is 5. The number of aryl methyl sites for hydroxylation is 1. The van der Waals surface area contributed by atoms with Crippen LogP contribution >= 0.6 is 11.3 Å². The van der Waals surface area contributed by atoms with Gasteiger partial charge in [0.05, 0.1) is 16.6 Å². The van der Waals surface area contributed by atoms with Crippen LogP contribution in [0.3, 0.4) is 0 Å². The minimum atomic E-state index is -0.260. The molecule has 0 saturated carbocycles. The van der Waals surface area contributed by atoms with Crippen molar-refractivity contribution in [2.24, 2.45) is 0 Å². The van der Waals surface area contributed by atoms with E-state index in [1.807, 2.05) is 18.2 Å². The van der Waals surface area contributed by atoms with Crippen molar-refractivity contribution in [2.45, 2.75) is 38.1 Å². The van der Waals surface area contributed by atoms with Gasteiger partial charge < -0.3 is 5.32 Å². The molecule has 0 saturated heterocycles. The molecule has 0 bridgehead atoms. The monoisotopic (exact) mass is 368 g/mol. The molecule has 26 heavy (non-hydrogen) atoms. The van der Waals surface area contributed by atoms with Gasteiger partial charge in [-0.15, -0.1) is 16.4 Å². The Bertz CT molecular complexity index is 875. The minimum absolute atomic E-state index is 0.00258. The third kappa shape index (κ3) is 3.65. The molecular formula is C18H20N6OS. The van der Waals surface area contributed by atoms with Gasteiger partial charge in [0, 0.05) is 30.5 Å². The Morgan fingerprint density at radius 3 is 3.04 bits per heavy atom. The number of aromatic nitrogens is 5. The van der Waals surface area contributed by atoms with E-state index in [0.29, 0.717) is 12.4 Å². The predicted molar refractivity (Wildman–Crippen MR) is 98.7 cm³/mol. The first-order valence-corrected chi connectivity index (χ1v) is 9.73. The summed E-state index contributed by atoms with van der Waals surface area (Å²) < 4.78 is 1.75. The summed E-state index contributed by atoms with van der Waals surface area (Å²) >= 11 is 1.63. The van der Waals surface area contributed by atoms with Crippen molar-refractivity contribution in [2.75, 3.05) is 6.54 Å². The highest BCUT2D eigenvalue weighted by molar-refractivity contribution is 7.09. The maximum atomic E-state index is 12.6. The summed E-state index contributed by atoms with van der Waals surface area (Å²) in [6.45, 7) is 1.35. The van der Waals surface area contributed by atoms with Crippen LogP contribution in [0.1, 0.15) is 36.0 Å². The number of fused-ring (bicyclic) bond motifs is 1. The fourth-order valence-corrected chi connectivity index (χ4v) is 4.00. The van der Waals surface area contributed by atoms with Crippen LogP contribution in [0.2, 0.25) is 0 Å². The van der Waals surface area contributed by atoms with Gasteiger partial charge in [-0.1, -0.05) is 36.8 Å². The minimum Gasteiger partial charge on any atom is -0.355 e. The van der Waals surface area contributed by atoms with E-state index in [-0.39, 0.29) is 11.8 Å². The lowest BCUT2D eigenvalue weighted by Gasteiger charge is -2.12. The predicted octanol–water partition coefficient (Wildman–Crippen LogP) is 2.42. The molecule has 4 rings (SSSR count). The van der Waals surface area contributed by atoms with Crippen LogP contribution in [0.5, 0.6) is 0 Å². The topological polar surface area (TPSA) is 85.6 Å². The molecule has 2 aromatic heterocycles. The molecule has 1 aliphatic heterocycles. The van der Waals surface area contributed by atoms with Crippen molar-refractivity contribution in [3.05, 3.63) is 46.5 Å². The molecule has 1 unspecified atom stereocenters. The average Bonchev–Trinajstić information content (AvgIpc) is 3.28. The maximum Gasteiger partial charge on any atom is 0.230 e. The third-order valence-corrected chi connectivity index (χ3v) is 5.47. The first-order chi connectivity index (χ1) is 12.8. The number of amides is 1. The Morgan fingerprint density at radius 2 is 2.15 bits per heavy atom. The zero-order chi connectivity index (χ0) is 17.8. The smallest absolute Gasteiger partial charge is 0.230 e. The SMILES string of the molecule is O=C(NCCc1nc(-c2ccccc2)cs1)C1CCCCn2nnnc21. The van der Waals surface area contributed by atoms with Gasteiger partial charge in [0.15, 0.2) is 5.82 Å². The summed E-state index contributed by atoms with van der Waals surface area (Å²) in [5.41, 5.74) is 2.10. The molecule has 1 N–H and O–H groups in total. The molecule has 1 amide bonds. The summed E-state index contributed by atoms with van der Waals surface area (Å²) in [5, 5.41) is 17.9. The summed E-state index contributed by atoms with van der Waals surface area (Å²) in [7, 11) is 0. The van der Waals surface area contributed by atoms with E-state index >= 15 is 0 Å². The third-order valence-electron chi connectivity index (χ3n) is 4.56. The van der Waals surface area contributed by atoms with E-state index in [1.165, 1.54) is 0 Å². The highest BCUT2D eigenvalue weighted by Gasteiger charge is 2.28. The second-order valence-electron chi connectivity index (χ2n) is 6.34. The maximum absolute atomic E-state index is 12.6. The second-order valence-corrected chi connectivity index (χ2v) is 7.28. The number of tetrazole rings is 1. The molecular weight excluding hydrogens is 348 g/mol. The number of nitrogens with one attached hydrogen (secondary N) is 1. The van der Waals surface area contributed by atoms with E-state index in [4.69, 9.17) is 0 Å². The first-order valence-electron chi connectivity index (χ1n) is 8.85. The van der Waals surface area contributed by atoms with E-state index in [0.717, 1.165) is 48.5 Å². The summed E-state index contributed by atoms with van der Waals surface area (Å²) in [6, 6.07) is 10.1. The van der Waals surface area contributed by atoms with Crippen LogP contribution in [-0.2, 0) is 17.8 Å². The zero-order valence-corrected chi connectivity index (χ0v) is 15.2. The van der Waals surface area contributed by atoms with Crippen LogP contribution in [0, 0.1) is 0 Å². The number of hydrogen-bond acceptors (Lipinski definition) is 6. The van der Waals surface area contributed by atoms with E-state index in [1.54, 1.807) is 16.0 Å². The van der Waals surface area contributed by atoms with Crippen LogP contribution in [0.4, 0.5) is 0 Å². The molecule has 0 aliphatic carbocycles. The average molecular weight is 368 g/mol. The summed E-state index contributed by atoms with van der Waals surface area (Å²) in [4.78, 5) is 17.3. The number of rotatable bonds is 5. The van der Waals surface area contributed by atoms with Gasteiger partial charge in [-0.2, -0.15) is 0 Å². The molecule has 0 fully saturated rings. The molecule has 1 aliphatic rings. The van der Waals surface area contributed by atoms with Crippen LogP contribution < -0.4 is 5.32 Å². The zero-order valence-electron chi connectivity index (χ0n) is 14.3. The van der Waals surface area contributed by atoms with Crippen LogP contribution in [-0.4, -0.2) is 37.6 Å². The number of thiazole rings is 1. The van der Waals surface area contributed by atoms with Crippen molar-refractivity contribution in [3.8, 4) is 11.3 Å². The van der Waals surface area contributed by atoms with Crippen molar-refractivity contribution in [1.29, 1.82) is 0 Å².